The van der Waals surface area contributed by atoms with Crippen molar-refractivity contribution in [3.63, 3.8) is 0 Å². The number of para-hydroxylation sites is 1. The van der Waals surface area contributed by atoms with E-state index in [-0.39, 0.29) is 5.91 Å². The van der Waals surface area contributed by atoms with Gasteiger partial charge in [-0.05, 0) is 37.6 Å². The van der Waals surface area contributed by atoms with Crippen molar-refractivity contribution in [2.75, 3.05) is 0 Å². The highest BCUT2D eigenvalue weighted by atomic mass is 32.2. The fourth-order valence-corrected chi connectivity index (χ4v) is 5.04. The van der Waals surface area contributed by atoms with Gasteiger partial charge in [0, 0.05) is 17.3 Å². The Morgan fingerprint density at radius 3 is 2.24 bits per heavy atom. The first-order chi connectivity index (χ1) is 16.5. The van der Waals surface area contributed by atoms with Crippen LogP contribution in [0.4, 0.5) is 0 Å². The Morgan fingerprint density at radius 2 is 1.56 bits per heavy atom. The molecule has 34 heavy (non-hydrogen) atoms. The van der Waals surface area contributed by atoms with Crippen LogP contribution in [0.3, 0.4) is 0 Å². The highest BCUT2D eigenvalue weighted by molar-refractivity contribution is 8.26. The van der Waals surface area contributed by atoms with Crippen molar-refractivity contribution in [2.24, 2.45) is 0 Å². The van der Waals surface area contributed by atoms with E-state index in [0.29, 0.717) is 15.8 Å². The molecule has 1 saturated heterocycles. The molecule has 4 nitrogen and oxygen atoms in total. The number of hydrogen-bond acceptors (Lipinski definition) is 4. The van der Waals surface area contributed by atoms with Gasteiger partial charge in [0.15, 0.2) is 0 Å². The zero-order valence-corrected chi connectivity index (χ0v) is 20.6. The van der Waals surface area contributed by atoms with Gasteiger partial charge in [-0.1, -0.05) is 102 Å². The number of carbonyl (C=O) groups is 1. The summed E-state index contributed by atoms with van der Waals surface area (Å²) in [6, 6.07) is 26.4. The number of rotatable bonds is 5. The third-order valence-electron chi connectivity index (χ3n) is 5.71. The Morgan fingerprint density at radius 1 is 0.912 bits per heavy atom. The molecule has 0 spiro atoms. The lowest BCUT2D eigenvalue weighted by atomic mass is 10.1. The van der Waals surface area contributed by atoms with Crippen molar-refractivity contribution in [2.45, 2.75) is 20.4 Å². The van der Waals surface area contributed by atoms with Crippen LogP contribution in [0, 0.1) is 13.8 Å². The van der Waals surface area contributed by atoms with Crippen LogP contribution in [0.1, 0.15) is 22.3 Å². The van der Waals surface area contributed by atoms with Crippen LogP contribution in [0.5, 0.6) is 0 Å². The van der Waals surface area contributed by atoms with Gasteiger partial charge >= 0.3 is 0 Å². The van der Waals surface area contributed by atoms with Crippen LogP contribution < -0.4 is 0 Å². The Balaban J connectivity index is 1.51. The van der Waals surface area contributed by atoms with E-state index < -0.39 is 0 Å². The zero-order valence-electron chi connectivity index (χ0n) is 18.9. The average Bonchev–Trinajstić information content (AvgIpc) is 3.38. The van der Waals surface area contributed by atoms with E-state index >= 15 is 0 Å². The van der Waals surface area contributed by atoms with Gasteiger partial charge in [0.25, 0.3) is 5.91 Å². The van der Waals surface area contributed by atoms with E-state index in [0.717, 1.165) is 28.1 Å². The molecule has 0 unspecified atom stereocenters. The third-order valence-corrected chi connectivity index (χ3v) is 7.09. The summed E-state index contributed by atoms with van der Waals surface area (Å²) in [4.78, 5) is 15.6. The standard InChI is InChI=1S/C28H23N3OS2/c1-19-8-12-21(13-9-19)17-30-27(32)25(34-28(30)33)16-23-18-31(24-6-4-3-5-7-24)29-26(23)22-14-10-20(2)11-15-22/h3-16,18H,17H2,1-2H3. The van der Waals surface area contributed by atoms with Crippen LogP contribution in [0.2, 0.25) is 0 Å². The smallest absolute Gasteiger partial charge is 0.266 e. The molecule has 1 aliphatic rings. The van der Waals surface area contributed by atoms with Crippen molar-refractivity contribution in [3.8, 4) is 16.9 Å². The maximum atomic E-state index is 13.3. The normalized spacial score (nSPS) is 14.9. The predicted molar refractivity (Wildman–Crippen MR) is 144 cm³/mol. The molecule has 0 atom stereocenters. The molecule has 0 saturated carbocycles. The van der Waals surface area contributed by atoms with Gasteiger partial charge in [-0.3, -0.25) is 9.69 Å². The van der Waals surface area contributed by atoms with Gasteiger partial charge in [-0.15, -0.1) is 0 Å². The highest BCUT2D eigenvalue weighted by Gasteiger charge is 2.32. The highest BCUT2D eigenvalue weighted by Crippen LogP contribution is 2.35. The Labute approximate surface area is 208 Å². The molecule has 0 aliphatic carbocycles. The average molecular weight is 482 g/mol. The number of aryl methyl sites for hydroxylation is 2. The molecular formula is C28H23N3OS2. The maximum Gasteiger partial charge on any atom is 0.266 e. The van der Waals surface area contributed by atoms with Crippen LogP contribution in [-0.4, -0.2) is 24.9 Å². The predicted octanol–water partition coefficient (Wildman–Crippen LogP) is 6.56. The molecule has 2 heterocycles. The number of aromatic nitrogens is 2. The summed E-state index contributed by atoms with van der Waals surface area (Å²) in [5.74, 6) is -0.0714. The molecule has 0 bridgehead atoms. The molecule has 3 aromatic carbocycles. The number of hydrogen-bond donors (Lipinski definition) is 0. The minimum atomic E-state index is -0.0714. The van der Waals surface area contributed by atoms with Crippen LogP contribution in [-0.2, 0) is 11.3 Å². The number of thiocarbonyl (C=S) groups is 1. The van der Waals surface area contributed by atoms with Gasteiger partial charge in [-0.2, -0.15) is 5.10 Å². The van der Waals surface area contributed by atoms with E-state index in [1.165, 1.54) is 22.9 Å². The Kier molecular flexibility index (Phi) is 6.18. The van der Waals surface area contributed by atoms with Crippen molar-refractivity contribution >= 4 is 40.3 Å². The van der Waals surface area contributed by atoms with Gasteiger partial charge in [0.2, 0.25) is 0 Å². The van der Waals surface area contributed by atoms with Crippen molar-refractivity contribution in [1.82, 2.24) is 14.7 Å². The van der Waals surface area contributed by atoms with Crippen LogP contribution in [0.15, 0.2) is 90.0 Å². The summed E-state index contributed by atoms with van der Waals surface area (Å²) in [5.41, 5.74) is 7.10. The minimum absolute atomic E-state index is 0.0714. The van der Waals surface area contributed by atoms with E-state index in [4.69, 9.17) is 17.3 Å². The van der Waals surface area contributed by atoms with E-state index in [1.807, 2.05) is 66.3 Å². The van der Waals surface area contributed by atoms with Gasteiger partial charge in [-0.25, -0.2) is 4.68 Å². The lowest BCUT2D eigenvalue weighted by Crippen LogP contribution is -2.27. The van der Waals surface area contributed by atoms with Crippen molar-refractivity contribution in [3.05, 3.63) is 112 Å². The molecule has 5 rings (SSSR count). The number of carbonyl (C=O) groups excluding carboxylic acids is 1. The Hall–Kier alpha value is -3.48. The number of benzene rings is 3. The first-order valence-corrected chi connectivity index (χ1v) is 12.2. The fraction of sp³-hybridized carbons (Fsp3) is 0.107. The fourth-order valence-electron chi connectivity index (χ4n) is 3.80. The molecule has 1 aliphatic heterocycles. The largest absolute Gasteiger partial charge is 0.288 e. The second kappa shape index (κ2) is 9.41. The van der Waals surface area contributed by atoms with E-state index in [2.05, 4.69) is 43.3 Å². The SMILES string of the molecule is Cc1ccc(CN2C(=O)C(=Cc3cn(-c4ccccc4)nc3-c3ccc(C)cc3)SC2=S)cc1. The maximum absolute atomic E-state index is 13.3. The van der Waals surface area contributed by atoms with Gasteiger partial charge < -0.3 is 0 Å². The lowest BCUT2D eigenvalue weighted by molar-refractivity contribution is -0.122. The third kappa shape index (κ3) is 4.60. The topological polar surface area (TPSA) is 38.1 Å². The monoisotopic (exact) mass is 481 g/mol. The number of amides is 1. The second-order valence-electron chi connectivity index (χ2n) is 8.33. The van der Waals surface area contributed by atoms with E-state index in [1.54, 1.807) is 4.90 Å². The molecule has 6 heteroatoms. The summed E-state index contributed by atoms with van der Waals surface area (Å²) >= 11 is 6.91. The first kappa shape index (κ1) is 22.3. The zero-order chi connectivity index (χ0) is 23.7. The summed E-state index contributed by atoms with van der Waals surface area (Å²) in [6.07, 6.45) is 3.88. The molecule has 168 valence electrons. The number of nitrogens with zero attached hydrogens (tertiary/aromatic N) is 3. The number of thioether (sulfide) groups is 1. The summed E-state index contributed by atoms with van der Waals surface area (Å²) in [6.45, 7) is 4.58. The molecule has 0 radical (unpaired) electrons. The van der Waals surface area contributed by atoms with Gasteiger partial charge in [0.1, 0.15) is 4.32 Å². The minimum Gasteiger partial charge on any atom is -0.288 e. The van der Waals surface area contributed by atoms with Gasteiger partial charge in [0.05, 0.1) is 22.8 Å². The molecule has 1 aromatic heterocycles. The summed E-state index contributed by atoms with van der Waals surface area (Å²) in [7, 11) is 0. The van der Waals surface area contributed by atoms with Crippen molar-refractivity contribution in [1.29, 1.82) is 0 Å². The first-order valence-electron chi connectivity index (χ1n) is 11.0. The Bertz CT molecular complexity index is 1390. The molecule has 4 aromatic rings. The second-order valence-corrected chi connectivity index (χ2v) is 10.0. The molecule has 1 amide bonds. The summed E-state index contributed by atoms with van der Waals surface area (Å²) in [5, 5.41) is 4.87. The lowest BCUT2D eigenvalue weighted by Gasteiger charge is -2.14. The summed E-state index contributed by atoms with van der Waals surface area (Å²) < 4.78 is 2.43. The van der Waals surface area contributed by atoms with Crippen molar-refractivity contribution < 1.29 is 4.79 Å². The molecular weight excluding hydrogens is 458 g/mol. The van der Waals surface area contributed by atoms with E-state index in [9.17, 15) is 4.79 Å². The quantitative estimate of drug-likeness (QED) is 0.239. The molecule has 0 N–H and O–H groups in total. The van der Waals surface area contributed by atoms with Crippen LogP contribution in [0.25, 0.3) is 23.0 Å². The molecule has 1 fully saturated rings. The van der Waals surface area contributed by atoms with Crippen LogP contribution >= 0.6 is 24.0 Å².